The normalized spacial score (nSPS) is 14.3. The Morgan fingerprint density at radius 3 is 2.62 bits per heavy atom. The largest absolute Gasteiger partial charge is 0.399 e. The molecule has 1 saturated heterocycles. The lowest BCUT2D eigenvalue weighted by Gasteiger charge is -2.28. The summed E-state index contributed by atoms with van der Waals surface area (Å²) in [7, 11) is 0. The van der Waals surface area contributed by atoms with Crippen LogP contribution in [0.5, 0.6) is 0 Å². The van der Waals surface area contributed by atoms with E-state index in [0.29, 0.717) is 0 Å². The van der Waals surface area contributed by atoms with Gasteiger partial charge in [0.1, 0.15) is 5.82 Å². The number of hydrogen-bond donors (Lipinski definition) is 2. The van der Waals surface area contributed by atoms with Crippen LogP contribution < -0.4 is 16.0 Å². The van der Waals surface area contributed by atoms with Gasteiger partial charge < -0.3 is 20.7 Å². The van der Waals surface area contributed by atoms with Gasteiger partial charge in [0.2, 0.25) is 0 Å². The zero-order valence-corrected chi connectivity index (χ0v) is 16.0. The zero-order chi connectivity index (χ0) is 19.6. The van der Waals surface area contributed by atoms with Crippen LogP contribution in [0.25, 0.3) is 16.8 Å². The molecule has 1 aliphatic heterocycles. The number of fused-ring (bicyclic) bond motifs is 1. The van der Waals surface area contributed by atoms with E-state index >= 15 is 0 Å². The number of nitrogens with zero attached hydrogens (tertiary/aromatic N) is 4. The van der Waals surface area contributed by atoms with Crippen molar-refractivity contribution in [2.45, 2.75) is 0 Å². The van der Waals surface area contributed by atoms with Gasteiger partial charge in [-0.15, -0.1) is 0 Å². The van der Waals surface area contributed by atoms with Crippen molar-refractivity contribution in [1.82, 2.24) is 14.6 Å². The first kappa shape index (κ1) is 17.5. The number of rotatable bonds is 4. The Hall–Kier alpha value is -3.58. The number of nitrogen functional groups attached to an aromatic ring is 1. The highest BCUT2D eigenvalue weighted by Gasteiger charge is 2.12. The highest BCUT2D eigenvalue weighted by molar-refractivity contribution is 5.79. The summed E-state index contributed by atoms with van der Waals surface area (Å²) in [5, 5.41) is 7.79. The molecule has 0 atom stereocenters. The van der Waals surface area contributed by atoms with Crippen LogP contribution in [0.1, 0.15) is 0 Å². The topological polar surface area (TPSA) is 80.7 Å². The van der Waals surface area contributed by atoms with E-state index in [2.05, 4.69) is 39.6 Å². The molecule has 2 aromatic heterocycles. The van der Waals surface area contributed by atoms with E-state index in [9.17, 15) is 0 Å². The van der Waals surface area contributed by atoms with E-state index in [1.54, 1.807) is 4.52 Å². The lowest BCUT2D eigenvalue weighted by Crippen LogP contribution is -2.36. The van der Waals surface area contributed by atoms with Crippen LogP contribution in [0.3, 0.4) is 0 Å². The predicted octanol–water partition coefficient (Wildman–Crippen LogP) is 3.56. The summed E-state index contributed by atoms with van der Waals surface area (Å²) in [6.07, 6.45) is 3.72. The zero-order valence-electron chi connectivity index (χ0n) is 16.0. The first-order valence-electron chi connectivity index (χ1n) is 9.66. The molecular weight excluding hydrogens is 364 g/mol. The molecule has 0 radical (unpaired) electrons. The molecular formula is C22H22N6O. The minimum Gasteiger partial charge on any atom is -0.399 e. The monoisotopic (exact) mass is 386 g/mol. The Morgan fingerprint density at radius 2 is 1.83 bits per heavy atom. The van der Waals surface area contributed by atoms with E-state index in [0.717, 1.165) is 60.3 Å². The maximum absolute atomic E-state index is 5.94. The SMILES string of the molecule is Nc1cccc(-c2cnn3ccc(Nc4ccc(N5CCOCC5)cc4)nc23)c1. The number of nitrogens with two attached hydrogens (primary N) is 1. The van der Waals surface area contributed by atoms with Crippen LogP contribution in [-0.2, 0) is 4.74 Å². The summed E-state index contributed by atoms with van der Waals surface area (Å²) in [6.45, 7) is 3.42. The molecule has 146 valence electrons. The summed E-state index contributed by atoms with van der Waals surface area (Å²) in [4.78, 5) is 7.11. The molecule has 0 unspecified atom stereocenters. The summed E-state index contributed by atoms with van der Waals surface area (Å²) in [5.74, 6) is 0.766. The van der Waals surface area contributed by atoms with Crippen LogP contribution in [0.15, 0.2) is 67.0 Å². The van der Waals surface area contributed by atoms with Gasteiger partial charge in [0.05, 0.1) is 19.4 Å². The summed E-state index contributed by atoms with van der Waals surface area (Å²) < 4.78 is 7.19. The minimum atomic E-state index is 0.719. The Morgan fingerprint density at radius 1 is 1.00 bits per heavy atom. The first-order chi connectivity index (χ1) is 14.3. The second kappa shape index (κ2) is 7.44. The Balaban J connectivity index is 1.40. The number of nitrogens with one attached hydrogen (secondary N) is 1. The van der Waals surface area contributed by atoms with Crippen LogP contribution in [0, 0.1) is 0 Å². The van der Waals surface area contributed by atoms with Crippen molar-refractivity contribution in [3.8, 4) is 11.1 Å². The third kappa shape index (κ3) is 3.60. The van der Waals surface area contributed by atoms with Gasteiger partial charge in [0, 0.05) is 41.9 Å². The van der Waals surface area contributed by atoms with Crippen molar-refractivity contribution in [3.05, 3.63) is 67.0 Å². The van der Waals surface area contributed by atoms with Crippen LogP contribution in [-0.4, -0.2) is 40.9 Å². The van der Waals surface area contributed by atoms with Crippen molar-refractivity contribution < 1.29 is 4.74 Å². The first-order valence-corrected chi connectivity index (χ1v) is 9.66. The fraction of sp³-hybridized carbons (Fsp3) is 0.182. The second-order valence-corrected chi connectivity index (χ2v) is 7.04. The highest BCUT2D eigenvalue weighted by Crippen LogP contribution is 2.27. The van der Waals surface area contributed by atoms with Gasteiger partial charge in [-0.3, -0.25) is 0 Å². The van der Waals surface area contributed by atoms with Gasteiger partial charge in [0.25, 0.3) is 0 Å². The van der Waals surface area contributed by atoms with E-state index in [-0.39, 0.29) is 0 Å². The van der Waals surface area contributed by atoms with E-state index in [1.807, 2.05) is 42.7 Å². The molecule has 0 spiro atoms. The minimum absolute atomic E-state index is 0.719. The maximum atomic E-state index is 5.94. The number of anilines is 4. The quantitative estimate of drug-likeness (QED) is 0.522. The van der Waals surface area contributed by atoms with Crippen molar-refractivity contribution in [3.63, 3.8) is 0 Å². The number of ether oxygens (including phenoxy) is 1. The molecule has 0 bridgehead atoms. The summed E-state index contributed by atoms with van der Waals surface area (Å²) in [6, 6.07) is 18.1. The van der Waals surface area contributed by atoms with Gasteiger partial charge in [-0.25, -0.2) is 9.50 Å². The Kier molecular flexibility index (Phi) is 4.50. The molecule has 2 aromatic carbocycles. The molecule has 29 heavy (non-hydrogen) atoms. The summed E-state index contributed by atoms with van der Waals surface area (Å²) in [5.41, 5.74) is 11.6. The highest BCUT2D eigenvalue weighted by atomic mass is 16.5. The van der Waals surface area contributed by atoms with Crippen molar-refractivity contribution in [1.29, 1.82) is 0 Å². The van der Waals surface area contributed by atoms with Crippen LogP contribution in [0.4, 0.5) is 22.9 Å². The molecule has 1 fully saturated rings. The van der Waals surface area contributed by atoms with Crippen molar-refractivity contribution in [2.24, 2.45) is 0 Å². The average Bonchev–Trinajstić information content (AvgIpc) is 3.18. The molecule has 7 nitrogen and oxygen atoms in total. The average molecular weight is 386 g/mol. The molecule has 4 aromatic rings. The standard InChI is InChI=1S/C22H22N6O/c23-17-3-1-2-16(14-17)20-15-24-28-9-8-21(26-22(20)28)25-18-4-6-19(7-5-18)27-10-12-29-13-11-27/h1-9,14-15H,10-13,23H2,(H,25,26). The molecule has 7 heteroatoms. The van der Waals surface area contributed by atoms with E-state index in [1.165, 1.54) is 5.69 Å². The van der Waals surface area contributed by atoms with Gasteiger partial charge in [-0.1, -0.05) is 12.1 Å². The number of morpholine rings is 1. The van der Waals surface area contributed by atoms with E-state index < -0.39 is 0 Å². The maximum Gasteiger partial charge on any atom is 0.165 e. The fourth-order valence-corrected chi connectivity index (χ4v) is 3.57. The molecule has 0 amide bonds. The molecule has 5 rings (SSSR count). The third-order valence-corrected chi connectivity index (χ3v) is 5.08. The van der Waals surface area contributed by atoms with Crippen molar-refractivity contribution >= 4 is 28.5 Å². The molecule has 3 N–H and O–H groups in total. The Bertz CT molecular complexity index is 1130. The van der Waals surface area contributed by atoms with Crippen molar-refractivity contribution in [2.75, 3.05) is 42.3 Å². The van der Waals surface area contributed by atoms with Crippen LogP contribution in [0.2, 0.25) is 0 Å². The van der Waals surface area contributed by atoms with Gasteiger partial charge in [0.15, 0.2) is 5.65 Å². The van der Waals surface area contributed by atoms with Gasteiger partial charge in [-0.2, -0.15) is 5.10 Å². The summed E-state index contributed by atoms with van der Waals surface area (Å²) >= 11 is 0. The Labute approximate surface area is 168 Å². The predicted molar refractivity (Wildman–Crippen MR) is 116 cm³/mol. The molecule has 0 aliphatic carbocycles. The smallest absolute Gasteiger partial charge is 0.165 e. The van der Waals surface area contributed by atoms with Gasteiger partial charge >= 0.3 is 0 Å². The van der Waals surface area contributed by atoms with Crippen LogP contribution >= 0.6 is 0 Å². The molecule has 1 aliphatic rings. The van der Waals surface area contributed by atoms with Gasteiger partial charge in [-0.05, 0) is 48.0 Å². The second-order valence-electron chi connectivity index (χ2n) is 7.04. The van der Waals surface area contributed by atoms with E-state index in [4.69, 9.17) is 15.5 Å². The lowest BCUT2D eigenvalue weighted by atomic mass is 10.1. The third-order valence-electron chi connectivity index (χ3n) is 5.08. The number of aromatic nitrogens is 3. The number of benzene rings is 2. The number of hydrogen-bond acceptors (Lipinski definition) is 6. The molecule has 0 saturated carbocycles. The lowest BCUT2D eigenvalue weighted by molar-refractivity contribution is 0.122. The molecule has 3 heterocycles. The fourth-order valence-electron chi connectivity index (χ4n) is 3.57.